The zero-order chi connectivity index (χ0) is 13.8. The molecule has 2 rings (SSSR count). The number of hydrogen-bond acceptors (Lipinski definition) is 6. The first-order valence-electron chi connectivity index (χ1n) is 6.20. The lowest BCUT2D eigenvalue weighted by Crippen LogP contribution is -2.10. The van der Waals surface area contributed by atoms with Crippen molar-refractivity contribution in [2.75, 3.05) is 5.32 Å². The molecule has 0 aliphatic heterocycles. The van der Waals surface area contributed by atoms with Crippen LogP contribution in [0.5, 0.6) is 5.88 Å². The van der Waals surface area contributed by atoms with E-state index < -0.39 is 0 Å². The van der Waals surface area contributed by atoms with E-state index in [0.717, 1.165) is 15.6 Å². The van der Waals surface area contributed by atoms with Crippen molar-refractivity contribution in [1.29, 1.82) is 0 Å². The number of nitrogens with zero attached hydrogens (tertiary/aromatic N) is 3. The van der Waals surface area contributed by atoms with E-state index >= 15 is 0 Å². The van der Waals surface area contributed by atoms with Crippen LogP contribution in [0.1, 0.15) is 29.4 Å². The average molecular weight is 278 g/mol. The lowest BCUT2D eigenvalue weighted by atomic mass is 10.4. The van der Waals surface area contributed by atoms with Crippen LogP contribution in [0.15, 0.2) is 12.3 Å². The smallest absolute Gasteiger partial charge is 0.226 e. The molecule has 0 aromatic carbocycles. The van der Waals surface area contributed by atoms with Gasteiger partial charge in [-0.1, -0.05) is 0 Å². The molecule has 0 radical (unpaired) electrons. The summed E-state index contributed by atoms with van der Waals surface area (Å²) in [5, 5.41) is 4.26. The number of nitrogens with one attached hydrogen (secondary N) is 1. The fourth-order valence-electron chi connectivity index (χ4n) is 1.57. The Morgan fingerprint density at radius 2 is 2.11 bits per heavy atom. The van der Waals surface area contributed by atoms with Gasteiger partial charge in [-0.15, -0.1) is 11.3 Å². The van der Waals surface area contributed by atoms with Gasteiger partial charge in [-0.25, -0.2) is 9.97 Å². The van der Waals surface area contributed by atoms with E-state index in [4.69, 9.17) is 4.74 Å². The van der Waals surface area contributed by atoms with Gasteiger partial charge in [0.05, 0.1) is 17.7 Å². The molecule has 0 unspecified atom stereocenters. The Morgan fingerprint density at radius 1 is 1.32 bits per heavy atom. The van der Waals surface area contributed by atoms with Gasteiger partial charge in [-0.3, -0.25) is 0 Å². The largest absolute Gasteiger partial charge is 0.475 e. The van der Waals surface area contributed by atoms with Crippen LogP contribution in [0.3, 0.4) is 0 Å². The lowest BCUT2D eigenvalue weighted by Gasteiger charge is -2.11. The van der Waals surface area contributed by atoms with Crippen molar-refractivity contribution in [2.45, 2.75) is 40.3 Å². The predicted octanol–water partition coefficient (Wildman–Crippen LogP) is 2.95. The van der Waals surface area contributed by atoms with Crippen molar-refractivity contribution >= 4 is 17.3 Å². The van der Waals surface area contributed by atoms with Crippen LogP contribution in [0.2, 0.25) is 0 Å². The highest BCUT2D eigenvalue weighted by atomic mass is 32.1. The monoisotopic (exact) mass is 278 g/mol. The minimum absolute atomic E-state index is 0.103. The maximum absolute atomic E-state index is 5.59. The summed E-state index contributed by atoms with van der Waals surface area (Å²) in [6.07, 6.45) is 1.97. The molecule has 0 spiro atoms. The molecule has 19 heavy (non-hydrogen) atoms. The Kier molecular flexibility index (Phi) is 4.31. The zero-order valence-electron chi connectivity index (χ0n) is 11.6. The van der Waals surface area contributed by atoms with E-state index in [1.165, 1.54) is 0 Å². The van der Waals surface area contributed by atoms with E-state index in [1.54, 1.807) is 11.3 Å². The molecular weight excluding hydrogens is 260 g/mol. The van der Waals surface area contributed by atoms with Crippen LogP contribution in [0, 0.1) is 13.8 Å². The third-order valence-corrected chi connectivity index (χ3v) is 3.19. The van der Waals surface area contributed by atoms with Crippen molar-refractivity contribution < 1.29 is 4.74 Å². The maximum atomic E-state index is 5.59. The van der Waals surface area contributed by atoms with Crippen LogP contribution < -0.4 is 10.1 Å². The van der Waals surface area contributed by atoms with Crippen LogP contribution in [-0.4, -0.2) is 21.1 Å². The second kappa shape index (κ2) is 5.97. The Bertz CT molecular complexity index is 553. The normalized spacial score (nSPS) is 10.8. The number of ether oxygens (including phenoxy) is 1. The van der Waals surface area contributed by atoms with Gasteiger partial charge in [0, 0.05) is 22.8 Å². The highest BCUT2D eigenvalue weighted by Gasteiger charge is 2.05. The molecule has 0 aliphatic carbocycles. The maximum Gasteiger partial charge on any atom is 0.226 e. The van der Waals surface area contributed by atoms with E-state index in [-0.39, 0.29) is 6.10 Å². The van der Waals surface area contributed by atoms with Crippen LogP contribution in [-0.2, 0) is 6.54 Å². The fourth-order valence-corrected chi connectivity index (χ4v) is 2.31. The lowest BCUT2D eigenvalue weighted by molar-refractivity contribution is 0.232. The van der Waals surface area contributed by atoms with Gasteiger partial charge in [0.15, 0.2) is 0 Å². The summed E-state index contributed by atoms with van der Waals surface area (Å²) in [7, 11) is 0. The first kappa shape index (κ1) is 13.7. The van der Waals surface area contributed by atoms with Crippen LogP contribution in [0.25, 0.3) is 0 Å². The summed E-state index contributed by atoms with van der Waals surface area (Å²) >= 11 is 1.67. The van der Waals surface area contributed by atoms with E-state index in [2.05, 4.69) is 20.3 Å². The van der Waals surface area contributed by atoms with Gasteiger partial charge in [0.2, 0.25) is 11.8 Å². The molecule has 0 fully saturated rings. The standard InChI is InChI=1S/C13H18N4OS/c1-8(2)18-12-5-9(3)16-13(17-12)15-7-11-6-14-10(4)19-11/h5-6,8H,7H2,1-4H3,(H,15,16,17). The summed E-state index contributed by atoms with van der Waals surface area (Å²) in [4.78, 5) is 14.1. The highest BCUT2D eigenvalue weighted by Crippen LogP contribution is 2.16. The molecule has 1 N–H and O–H groups in total. The third kappa shape index (κ3) is 4.17. The quantitative estimate of drug-likeness (QED) is 0.911. The minimum Gasteiger partial charge on any atom is -0.475 e. The van der Waals surface area contributed by atoms with Crippen molar-refractivity contribution in [2.24, 2.45) is 0 Å². The number of aromatic nitrogens is 3. The molecule has 0 saturated carbocycles. The van der Waals surface area contributed by atoms with Crippen molar-refractivity contribution in [3.05, 3.63) is 27.8 Å². The molecule has 2 heterocycles. The summed E-state index contributed by atoms with van der Waals surface area (Å²) in [5.41, 5.74) is 0.883. The fraction of sp³-hybridized carbons (Fsp3) is 0.462. The molecule has 0 bridgehead atoms. The van der Waals surface area contributed by atoms with Gasteiger partial charge >= 0.3 is 0 Å². The summed E-state index contributed by atoms with van der Waals surface area (Å²) in [6, 6.07) is 1.84. The van der Waals surface area contributed by atoms with Crippen molar-refractivity contribution in [1.82, 2.24) is 15.0 Å². The first-order valence-corrected chi connectivity index (χ1v) is 7.02. The van der Waals surface area contributed by atoms with Gasteiger partial charge in [-0.2, -0.15) is 4.98 Å². The Hall–Kier alpha value is -1.69. The van der Waals surface area contributed by atoms with Gasteiger partial charge < -0.3 is 10.1 Å². The van der Waals surface area contributed by atoms with E-state index in [9.17, 15) is 0 Å². The molecule has 0 aliphatic rings. The number of anilines is 1. The molecule has 5 nitrogen and oxygen atoms in total. The SMILES string of the molecule is Cc1cc(OC(C)C)nc(NCc2cnc(C)s2)n1. The van der Waals surface area contributed by atoms with Gasteiger partial charge in [0.1, 0.15) is 0 Å². The van der Waals surface area contributed by atoms with Crippen molar-refractivity contribution in [3.63, 3.8) is 0 Å². The topological polar surface area (TPSA) is 59.9 Å². The highest BCUT2D eigenvalue weighted by molar-refractivity contribution is 7.11. The molecular formula is C13H18N4OS. The predicted molar refractivity (Wildman–Crippen MR) is 76.7 cm³/mol. The summed E-state index contributed by atoms with van der Waals surface area (Å²) in [5.74, 6) is 1.19. The van der Waals surface area contributed by atoms with Gasteiger partial charge in [-0.05, 0) is 27.7 Å². The molecule has 0 amide bonds. The molecule has 0 atom stereocenters. The number of aryl methyl sites for hydroxylation is 2. The Balaban J connectivity index is 2.05. The second-order valence-corrected chi connectivity index (χ2v) is 5.86. The van der Waals surface area contributed by atoms with Crippen molar-refractivity contribution in [3.8, 4) is 5.88 Å². The molecule has 6 heteroatoms. The Labute approximate surface area is 117 Å². The zero-order valence-corrected chi connectivity index (χ0v) is 12.4. The Morgan fingerprint density at radius 3 is 2.74 bits per heavy atom. The van der Waals surface area contributed by atoms with Crippen LogP contribution in [0.4, 0.5) is 5.95 Å². The molecule has 0 saturated heterocycles. The van der Waals surface area contributed by atoms with E-state index in [0.29, 0.717) is 18.4 Å². The van der Waals surface area contributed by atoms with Crippen LogP contribution >= 0.6 is 11.3 Å². The molecule has 102 valence electrons. The molecule has 2 aromatic heterocycles. The minimum atomic E-state index is 0.103. The number of rotatable bonds is 5. The number of hydrogen-bond donors (Lipinski definition) is 1. The second-order valence-electron chi connectivity index (χ2n) is 4.54. The van der Waals surface area contributed by atoms with Gasteiger partial charge in [0.25, 0.3) is 0 Å². The third-order valence-electron chi connectivity index (χ3n) is 2.28. The molecule has 2 aromatic rings. The summed E-state index contributed by atoms with van der Waals surface area (Å²) in [6.45, 7) is 8.55. The number of thiazole rings is 1. The van der Waals surface area contributed by atoms with E-state index in [1.807, 2.05) is 40.0 Å². The summed E-state index contributed by atoms with van der Waals surface area (Å²) < 4.78 is 5.59. The average Bonchev–Trinajstić information content (AvgIpc) is 2.71. The first-order chi connectivity index (χ1) is 9.02.